The highest BCUT2D eigenvalue weighted by molar-refractivity contribution is 5.56. The van der Waals surface area contributed by atoms with Gasteiger partial charge in [0, 0.05) is 18.0 Å². The van der Waals surface area contributed by atoms with Crippen molar-refractivity contribution < 1.29 is 4.42 Å². The summed E-state index contributed by atoms with van der Waals surface area (Å²) in [5, 5.41) is 0. The van der Waals surface area contributed by atoms with E-state index in [9.17, 15) is 0 Å². The van der Waals surface area contributed by atoms with Gasteiger partial charge < -0.3 is 15.1 Å². The molecule has 0 spiro atoms. The lowest BCUT2D eigenvalue weighted by Gasteiger charge is -2.24. The number of hydrogen-bond acceptors (Lipinski definition) is 5. The topological polar surface area (TPSA) is 68.2 Å². The number of furan rings is 1. The van der Waals surface area contributed by atoms with Crippen molar-refractivity contribution in [3.8, 4) is 0 Å². The Balaban J connectivity index is 2.35. The predicted octanol–water partition coefficient (Wildman–Crippen LogP) is 3.20. The standard InChI is InChI=1S/C16H24N4O/c1-10-7-8-12(21-10)9-20(6)14-11(2)13(17)18-15(19-14)16(3,4)5/h7-8H,9H2,1-6H3,(H2,17,18,19). The lowest BCUT2D eigenvalue weighted by atomic mass is 9.95. The van der Waals surface area contributed by atoms with Gasteiger partial charge in [0.15, 0.2) is 0 Å². The number of rotatable bonds is 3. The third kappa shape index (κ3) is 3.35. The Bertz CT molecular complexity index is 640. The van der Waals surface area contributed by atoms with Gasteiger partial charge in [0.05, 0.1) is 6.54 Å². The van der Waals surface area contributed by atoms with Gasteiger partial charge in [0.2, 0.25) is 0 Å². The molecule has 5 heteroatoms. The van der Waals surface area contributed by atoms with Crippen molar-refractivity contribution in [2.24, 2.45) is 0 Å². The first-order valence-electron chi connectivity index (χ1n) is 7.09. The van der Waals surface area contributed by atoms with Gasteiger partial charge in [-0.15, -0.1) is 0 Å². The minimum absolute atomic E-state index is 0.140. The molecule has 0 atom stereocenters. The van der Waals surface area contributed by atoms with Crippen LogP contribution in [0.4, 0.5) is 11.6 Å². The van der Waals surface area contributed by atoms with Gasteiger partial charge in [-0.1, -0.05) is 20.8 Å². The van der Waals surface area contributed by atoms with Crippen LogP contribution in [0, 0.1) is 13.8 Å². The molecule has 21 heavy (non-hydrogen) atoms. The minimum Gasteiger partial charge on any atom is -0.464 e. The van der Waals surface area contributed by atoms with Gasteiger partial charge in [0.1, 0.15) is 29.0 Å². The molecule has 0 aliphatic heterocycles. The molecule has 5 nitrogen and oxygen atoms in total. The average molecular weight is 288 g/mol. The molecule has 2 rings (SSSR count). The summed E-state index contributed by atoms with van der Waals surface area (Å²) in [7, 11) is 1.99. The van der Waals surface area contributed by atoms with Crippen molar-refractivity contribution >= 4 is 11.6 Å². The third-order valence-electron chi connectivity index (χ3n) is 3.38. The maximum atomic E-state index is 6.05. The normalized spacial score (nSPS) is 11.7. The van der Waals surface area contributed by atoms with Crippen molar-refractivity contribution in [3.63, 3.8) is 0 Å². The van der Waals surface area contributed by atoms with Crippen LogP contribution >= 0.6 is 0 Å². The van der Waals surface area contributed by atoms with Gasteiger partial charge in [0.25, 0.3) is 0 Å². The quantitative estimate of drug-likeness (QED) is 0.939. The van der Waals surface area contributed by atoms with E-state index in [1.165, 1.54) is 0 Å². The van der Waals surface area contributed by atoms with Crippen LogP contribution in [-0.2, 0) is 12.0 Å². The Kier molecular flexibility index (Phi) is 3.94. The zero-order chi connectivity index (χ0) is 15.8. The first-order chi connectivity index (χ1) is 9.68. The van der Waals surface area contributed by atoms with Gasteiger partial charge >= 0.3 is 0 Å². The molecule has 0 saturated carbocycles. The predicted molar refractivity (Wildman–Crippen MR) is 85.4 cm³/mol. The zero-order valence-electron chi connectivity index (χ0n) is 13.7. The zero-order valence-corrected chi connectivity index (χ0v) is 13.7. The van der Waals surface area contributed by atoms with Crippen molar-refractivity contribution in [3.05, 3.63) is 35.0 Å². The molecule has 0 aliphatic carbocycles. The maximum absolute atomic E-state index is 6.05. The fraction of sp³-hybridized carbons (Fsp3) is 0.500. The Morgan fingerprint density at radius 2 is 1.86 bits per heavy atom. The van der Waals surface area contributed by atoms with E-state index in [2.05, 4.69) is 25.8 Å². The highest BCUT2D eigenvalue weighted by atomic mass is 16.3. The molecule has 0 bridgehead atoms. The number of aryl methyl sites for hydroxylation is 1. The molecule has 114 valence electrons. The van der Waals surface area contributed by atoms with Crippen molar-refractivity contribution in [2.75, 3.05) is 17.7 Å². The summed E-state index contributed by atoms with van der Waals surface area (Å²) in [5.41, 5.74) is 6.81. The molecular weight excluding hydrogens is 264 g/mol. The average Bonchev–Trinajstić information content (AvgIpc) is 2.76. The minimum atomic E-state index is -0.140. The van der Waals surface area contributed by atoms with Crippen LogP contribution in [0.1, 0.15) is 43.7 Å². The second-order valence-electron chi connectivity index (χ2n) is 6.50. The maximum Gasteiger partial charge on any atom is 0.138 e. The number of aromatic nitrogens is 2. The first kappa shape index (κ1) is 15.4. The van der Waals surface area contributed by atoms with Gasteiger partial charge in [-0.05, 0) is 26.0 Å². The number of nitrogen functional groups attached to an aromatic ring is 1. The Labute approximate surface area is 126 Å². The number of anilines is 2. The molecule has 0 aliphatic rings. The van der Waals surface area contributed by atoms with Crippen molar-refractivity contribution in [2.45, 2.75) is 46.6 Å². The van der Waals surface area contributed by atoms with Gasteiger partial charge in [-0.2, -0.15) is 0 Å². The van der Waals surface area contributed by atoms with E-state index >= 15 is 0 Å². The highest BCUT2D eigenvalue weighted by Gasteiger charge is 2.22. The summed E-state index contributed by atoms with van der Waals surface area (Å²) >= 11 is 0. The van der Waals surface area contributed by atoms with Crippen LogP contribution in [0.25, 0.3) is 0 Å². The molecule has 0 aromatic carbocycles. The van der Waals surface area contributed by atoms with E-state index < -0.39 is 0 Å². The van der Waals surface area contributed by atoms with E-state index in [1.807, 2.05) is 37.9 Å². The van der Waals surface area contributed by atoms with Crippen LogP contribution in [0.5, 0.6) is 0 Å². The number of nitrogens with zero attached hydrogens (tertiary/aromatic N) is 3. The SMILES string of the molecule is Cc1ccc(CN(C)c2nc(C(C)(C)C)nc(N)c2C)o1. The second-order valence-corrected chi connectivity index (χ2v) is 6.50. The fourth-order valence-corrected chi connectivity index (χ4v) is 2.11. The number of nitrogens with two attached hydrogens (primary N) is 1. The highest BCUT2D eigenvalue weighted by Crippen LogP contribution is 2.27. The van der Waals surface area contributed by atoms with E-state index in [1.54, 1.807) is 0 Å². The largest absolute Gasteiger partial charge is 0.464 e. The molecule has 2 aromatic heterocycles. The molecule has 0 amide bonds. The summed E-state index contributed by atoms with van der Waals surface area (Å²) < 4.78 is 5.63. The summed E-state index contributed by atoms with van der Waals surface area (Å²) in [6.45, 7) is 10.8. The van der Waals surface area contributed by atoms with Crippen LogP contribution in [0.3, 0.4) is 0 Å². The summed E-state index contributed by atoms with van der Waals surface area (Å²) in [4.78, 5) is 11.2. The first-order valence-corrected chi connectivity index (χ1v) is 7.09. The monoisotopic (exact) mass is 288 g/mol. The molecule has 2 N–H and O–H groups in total. The summed E-state index contributed by atoms with van der Waals surface area (Å²) in [5.74, 6) is 3.95. The Morgan fingerprint density at radius 3 is 2.38 bits per heavy atom. The van der Waals surface area contributed by atoms with Gasteiger partial charge in [-0.3, -0.25) is 0 Å². The smallest absolute Gasteiger partial charge is 0.138 e. The van der Waals surface area contributed by atoms with E-state index in [0.29, 0.717) is 12.4 Å². The van der Waals surface area contributed by atoms with Crippen molar-refractivity contribution in [1.82, 2.24) is 9.97 Å². The molecular formula is C16H24N4O. The molecule has 2 heterocycles. The van der Waals surface area contributed by atoms with Crippen LogP contribution in [-0.4, -0.2) is 17.0 Å². The van der Waals surface area contributed by atoms with E-state index in [0.717, 1.165) is 28.7 Å². The molecule has 0 radical (unpaired) electrons. The van der Waals surface area contributed by atoms with E-state index in [-0.39, 0.29) is 5.41 Å². The molecule has 0 saturated heterocycles. The third-order valence-corrected chi connectivity index (χ3v) is 3.38. The molecule has 0 fully saturated rings. The van der Waals surface area contributed by atoms with Crippen LogP contribution in [0.15, 0.2) is 16.5 Å². The van der Waals surface area contributed by atoms with Crippen LogP contribution in [0.2, 0.25) is 0 Å². The Morgan fingerprint density at radius 1 is 1.19 bits per heavy atom. The van der Waals surface area contributed by atoms with Crippen molar-refractivity contribution in [1.29, 1.82) is 0 Å². The Hall–Kier alpha value is -2.04. The molecule has 2 aromatic rings. The molecule has 0 unspecified atom stereocenters. The second kappa shape index (κ2) is 5.39. The fourth-order valence-electron chi connectivity index (χ4n) is 2.11. The van der Waals surface area contributed by atoms with E-state index in [4.69, 9.17) is 15.1 Å². The van der Waals surface area contributed by atoms with Crippen LogP contribution < -0.4 is 10.6 Å². The van der Waals surface area contributed by atoms with Gasteiger partial charge in [-0.25, -0.2) is 9.97 Å². The summed E-state index contributed by atoms with van der Waals surface area (Å²) in [6, 6.07) is 3.95. The summed E-state index contributed by atoms with van der Waals surface area (Å²) in [6.07, 6.45) is 0. The number of hydrogen-bond donors (Lipinski definition) is 1. The lowest BCUT2D eigenvalue weighted by Crippen LogP contribution is -2.24. The lowest BCUT2D eigenvalue weighted by molar-refractivity contribution is 0.480.